The van der Waals surface area contributed by atoms with E-state index in [4.69, 9.17) is 21.4 Å². The smallest absolute Gasteiger partial charge is 0.273 e. The van der Waals surface area contributed by atoms with Crippen LogP contribution in [0.25, 0.3) is 0 Å². The lowest BCUT2D eigenvalue weighted by Crippen LogP contribution is -1.99. The van der Waals surface area contributed by atoms with Crippen molar-refractivity contribution < 1.29 is 14.8 Å². The molecule has 16 heavy (non-hydrogen) atoms. The van der Waals surface area contributed by atoms with E-state index in [0.717, 1.165) is 0 Å². The SMILES string of the molecule is O=[N+]([O-])c1ccc(Cl)c(OCCCCO)c1. The van der Waals surface area contributed by atoms with E-state index in [1.165, 1.54) is 18.2 Å². The van der Waals surface area contributed by atoms with Crippen LogP contribution in [0.15, 0.2) is 18.2 Å². The van der Waals surface area contributed by atoms with Gasteiger partial charge in [0.1, 0.15) is 5.75 Å². The molecule has 1 aromatic rings. The summed E-state index contributed by atoms with van der Waals surface area (Å²) in [6.07, 6.45) is 1.31. The molecule has 1 aromatic carbocycles. The second kappa shape index (κ2) is 6.30. The number of hydrogen-bond donors (Lipinski definition) is 1. The van der Waals surface area contributed by atoms with E-state index >= 15 is 0 Å². The van der Waals surface area contributed by atoms with Crippen LogP contribution < -0.4 is 4.74 Å². The first-order valence-electron chi connectivity index (χ1n) is 4.82. The minimum absolute atomic E-state index is 0.0541. The van der Waals surface area contributed by atoms with E-state index in [0.29, 0.717) is 30.2 Å². The molecule has 0 bridgehead atoms. The maximum Gasteiger partial charge on any atom is 0.273 e. The number of unbranched alkanes of at least 4 members (excludes halogenated alkanes) is 1. The molecule has 0 unspecified atom stereocenters. The van der Waals surface area contributed by atoms with Gasteiger partial charge in [-0.2, -0.15) is 0 Å². The summed E-state index contributed by atoms with van der Waals surface area (Å²) < 4.78 is 5.28. The summed E-state index contributed by atoms with van der Waals surface area (Å²) in [6.45, 7) is 0.480. The van der Waals surface area contributed by atoms with Crippen molar-refractivity contribution in [3.63, 3.8) is 0 Å². The van der Waals surface area contributed by atoms with Crippen molar-refractivity contribution >= 4 is 17.3 Å². The Hall–Kier alpha value is -1.33. The van der Waals surface area contributed by atoms with E-state index in [1.807, 2.05) is 0 Å². The second-order valence-corrected chi connectivity index (χ2v) is 3.56. The number of aliphatic hydroxyl groups excluding tert-OH is 1. The summed E-state index contributed by atoms with van der Waals surface area (Å²) in [4.78, 5) is 10.0. The maximum absolute atomic E-state index is 10.5. The highest BCUT2D eigenvalue weighted by Gasteiger charge is 2.10. The highest BCUT2D eigenvalue weighted by molar-refractivity contribution is 6.32. The number of nitrogens with zero attached hydrogens (tertiary/aromatic N) is 1. The van der Waals surface area contributed by atoms with E-state index in [9.17, 15) is 10.1 Å². The number of non-ortho nitro benzene ring substituents is 1. The summed E-state index contributed by atoms with van der Waals surface area (Å²) in [7, 11) is 0. The molecule has 0 fully saturated rings. The second-order valence-electron chi connectivity index (χ2n) is 3.15. The first-order chi connectivity index (χ1) is 7.65. The summed E-state index contributed by atoms with van der Waals surface area (Å²) in [5.74, 6) is 0.300. The van der Waals surface area contributed by atoms with Crippen LogP contribution >= 0.6 is 11.6 Å². The Balaban J connectivity index is 2.63. The third-order valence-electron chi connectivity index (χ3n) is 1.94. The Kier molecular flexibility index (Phi) is 5.01. The van der Waals surface area contributed by atoms with Crippen molar-refractivity contribution in [2.24, 2.45) is 0 Å². The van der Waals surface area contributed by atoms with Crippen LogP contribution in [0.2, 0.25) is 5.02 Å². The third kappa shape index (κ3) is 3.67. The zero-order chi connectivity index (χ0) is 12.0. The van der Waals surface area contributed by atoms with E-state index in [-0.39, 0.29) is 12.3 Å². The van der Waals surface area contributed by atoms with E-state index in [1.54, 1.807) is 0 Å². The van der Waals surface area contributed by atoms with E-state index < -0.39 is 4.92 Å². The summed E-state index contributed by atoms with van der Waals surface area (Å²) in [5.41, 5.74) is -0.0541. The van der Waals surface area contributed by atoms with Crippen LogP contribution in [0.3, 0.4) is 0 Å². The zero-order valence-corrected chi connectivity index (χ0v) is 9.31. The first-order valence-corrected chi connectivity index (χ1v) is 5.20. The molecule has 0 amide bonds. The Morgan fingerprint density at radius 3 is 2.81 bits per heavy atom. The van der Waals surface area contributed by atoms with Crippen LogP contribution in [0.5, 0.6) is 5.75 Å². The van der Waals surface area contributed by atoms with Gasteiger partial charge < -0.3 is 9.84 Å². The molecular formula is C10H12ClNO4. The highest BCUT2D eigenvalue weighted by Crippen LogP contribution is 2.28. The topological polar surface area (TPSA) is 72.6 Å². The van der Waals surface area contributed by atoms with Crippen LogP contribution in [-0.2, 0) is 0 Å². The standard InChI is InChI=1S/C10H12ClNO4/c11-9-4-3-8(12(14)15)7-10(9)16-6-2-1-5-13/h3-4,7,13H,1-2,5-6H2. The largest absolute Gasteiger partial charge is 0.492 e. The fraction of sp³-hybridized carbons (Fsp3) is 0.400. The number of benzene rings is 1. The number of nitro benzene ring substituents is 1. The molecule has 1 N–H and O–H groups in total. The van der Waals surface area contributed by atoms with Crippen LogP contribution in [0.1, 0.15) is 12.8 Å². The molecule has 6 heteroatoms. The molecule has 88 valence electrons. The van der Waals surface area contributed by atoms with Gasteiger partial charge in [-0.05, 0) is 18.9 Å². The number of ether oxygens (including phenoxy) is 1. The van der Waals surface area contributed by atoms with Gasteiger partial charge in [-0.3, -0.25) is 10.1 Å². The number of rotatable bonds is 6. The normalized spacial score (nSPS) is 10.1. The predicted octanol–water partition coefficient (Wildman–Crippen LogP) is 2.40. The summed E-state index contributed by atoms with van der Waals surface area (Å²) >= 11 is 5.82. The molecule has 0 saturated heterocycles. The molecule has 0 aromatic heterocycles. The Morgan fingerprint density at radius 1 is 1.44 bits per heavy atom. The van der Waals surface area contributed by atoms with Gasteiger partial charge in [0.25, 0.3) is 5.69 Å². The summed E-state index contributed by atoms with van der Waals surface area (Å²) in [6, 6.07) is 4.05. The average molecular weight is 246 g/mol. The monoisotopic (exact) mass is 245 g/mol. The minimum Gasteiger partial charge on any atom is -0.492 e. The lowest BCUT2D eigenvalue weighted by Gasteiger charge is -2.06. The van der Waals surface area contributed by atoms with Crippen molar-refractivity contribution in [3.05, 3.63) is 33.3 Å². The van der Waals surface area contributed by atoms with Gasteiger partial charge in [0.15, 0.2) is 0 Å². The molecule has 0 aliphatic heterocycles. The molecular weight excluding hydrogens is 234 g/mol. The van der Waals surface area contributed by atoms with Crippen LogP contribution in [0, 0.1) is 10.1 Å². The third-order valence-corrected chi connectivity index (χ3v) is 2.25. The van der Waals surface area contributed by atoms with Crippen molar-refractivity contribution in [2.45, 2.75) is 12.8 Å². The minimum atomic E-state index is -0.503. The van der Waals surface area contributed by atoms with Crippen molar-refractivity contribution in [3.8, 4) is 5.75 Å². The predicted molar refractivity (Wildman–Crippen MR) is 59.9 cm³/mol. The molecule has 0 atom stereocenters. The van der Waals surface area contributed by atoms with E-state index in [2.05, 4.69) is 0 Å². The number of aliphatic hydroxyl groups is 1. The highest BCUT2D eigenvalue weighted by atomic mass is 35.5. The van der Waals surface area contributed by atoms with Crippen molar-refractivity contribution in [2.75, 3.05) is 13.2 Å². The van der Waals surface area contributed by atoms with Gasteiger partial charge in [-0.25, -0.2) is 0 Å². The Labute approximate surface area is 97.8 Å². The average Bonchev–Trinajstić information content (AvgIpc) is 2.26. The number of halogens is 1. The molecule has 0 aliphatic rings. The lowest BCUT2D eigenvalue weighted by molar-refractivity contribution is -0.384. The molecule has 0 aliphatic carbocycles. The van der Waals surface area contributed by atoms with Gasteiger partial charge in [-0.15, -0.1) is 0 Å². The molecule has 1 rings (SSSR count). The quantitative estimate of drug-likeness (QED) is 0.475. The molecule has 0 heterocycles. The van der Waals surface area contributed by atoms with Gasteiger partial charge in [0.05, 0.1) is 22.6 Å². The molecule has 0 radical (unpaired) electrons. The van der Waals surface area contributed by atoms with Gasteiger partial charge >= 0.3 is 0 Å². The van der Waals surface area contributed by atoms with Gasteiger partial charge in [0.2, 0.25) is 0 Å². The maximum atomic E-state index is 10.5. The van der Waals surface area contributed by atoms with Gasteiger partial charge in [0, 0.05) is 12.7 Å². The Bertz CT molecular complexity index is 370. The first kappa shape index (κ1) is 12.7. The van der Waals surface area contributed by atoms with Gasteiger partial charge in [-0.1, -0.05) is 11.6 Å². The number of nitro groups is 1. The molecule has 5 nitrogen and oxygen atoms in total. The molecule has 0 saturated carbocycles. The zero-order valence-electron chi connectivity index (χ0n) is 8.56. The van der Waals surface area contributed by atoms with Crippen LogP contribution in [0.4, 0.5) is 5.69 Å². The fourth-order valence-corrected chi connectivity index (χ4v) is 1.28. The molecule has 0 spiro atoms. The Morgan fingerprint density at radius 2 is 2.19 bits per heavy atom. The fourth-order valence-electron chi connectivity index (χ4n) is 1.11. The summed E-state index contributed by atoms with van der Waals surface area (Å²) in [5, 5.41) is 19.4. The number of hydrogen-bond acceptors (Lipinski definition) is 4. The van der Waals surface area contributed by atoms with Crippen LogP contribution in [-0.4, -0.2) is 23.2 Å². The van der Waals surface area contributed by atoms with Crippen molar-refractivity contribution in [1.29, 1.82) is 0 Å². The lowest BCUT2D eigenvalue weighted by atomic mass is 10.3. The van der Waals surface area contributed by atoms with Crippen molar-refractivity contribution in [1.82, 2.24) is 0 Å².